The summed E-state index contributed by atoms with van der Waals surface area (Å²) in [5.41, 5.74) is 3.86. The summed E-state index contributed by atoms with van der Waals surface area (Å²) >= 11 is 6.42. The van der Waals surface area contributed by atoms with Crippen molar-refractivity contribution in [1.29, 1.82) is 0 Å². The van der Waals surface area contributed by atoms with Crippen LogP contribution in [0.5, 0.6) is 5.75 Å². The van der Waals surface area contributed by atoms with Gasteiger partial charge in [0.2, 0.25) is 10.0 Å². The molecule has 0 unspecified atom stereocenters. The van der Waals surface area contributed by atoms with Gasteiger partial charge in [0.1, 0.15) is 17.9 Å². The van der Waals surface area contributed by atoms with Crippen molar-refractivity contribution in [1.82, 2.24) is 24.2 Å². The number of halogens is 1. The van der Waals surface area contributed by atoms with E-state index >= 15 is 0 Å². The molecule has 4 rings (SSSR count). The van der Waals surface area contributed by atoms with Gasteiger partial charge in [-0.25, -0.2) is 23.1 Å². The lowest BCUT2D eigenvalue weighted by atomic mass is 10.1. The van der Waals surface area contributed by atoms with Gasteiger partial charge in [-0.3, -0.25) is 4.98 Å². The number of ether oxygens (including phenoxy) is 1. The number of unbranched alkanes of at least 4 members (excludes halogenated alkanes) is 1. The number of nitrogens with zero attached hydrogens (tertiary/aromatic N) is 4. The van der Waals surface area contributed by atoms with Crippen molar-refractivity contribution in [3.05, 3.63) is 77.2 Å². The summed E-state index contributed by atoms with van der Waals surface area (Å²) in [6.07, 6.45) is 9.89. The minimum Gasteiger partial charge on any atom is -0.487 e. The Kier molecular flexibility index (Phi) is 7.45. The Morgan fingerprint density at radius 3 is 2.82 bits per heavy atom. The van der Waals surface area contributed by atoms with E-state index < -0.39 is 10.0 Å². The molecule has 1 N–H and O–H groups in total. The lowest BCUT2D eigenvalue weighted by molar-refractivity contribution is 0.308. The Morgan fingerprint density at radius 2 is 2.06 bits per heavy atom. The number of imidazole rings is 1. The number of benzene rings is 1. The summed E-state index contributed by atoms with van der Waals surface area (Å²) in [6.45, 7) is 4.12. The molecule has 34 heavy (non-hydrogen) atoms. The van der Waals surface area contributed by atoms with Crippen molar-refractivity contribution in [2.75, 3.05) is 5.75 Å². The Hall–Kier alpha value is -3.01. The van der Waals surface area contributed by atoms with E-state index in [1.165, 1.54) is 6.20 Å². The standard InChI is InChI=1S/C24H26ClN5O3S/c1-3-4-10-34(31,32)28-13-18-12-27-14-21(25)20(18)15-33-23-7-5-6-19-22(30-9-8-26-16-30)11-17(2)29-24(19)23/h5-9,11-12,14,16,28H,3-4,10,13,15H2,1-2H3. The van der Waals surface area contributed by atoms with Crippen LogP contribution in [0, 0.1) is 6.92 Å². The molecule has 0 saturated heterocycles. The largest absolute Gasteiger partial charge is 0.487 e. The number of sulfonamides is 1. The maximum Gasteiger partial charge on any atom is 0.211 e. The van der Waals surface area contributed by atoms with Crippen LogP contribution in [0.25, 0.3) is 16.6 Å². The molecule has 3 aromatic heterocycles. The van der Waals surface area contributed by atoms with E-state index in [1.807, 2.05) is 48.9 Å². The molecule has 8 nitrogen and oxygen atoms in total. The zero-order valence-corrected chi connectivity index (χ0v) is 20.6. The van der Waals surface area contributed by atoms with E-state index in [2.05, 4.69) is 14.7 Å². The highest BCUT2D eigenvalue weighted by Crippen LogP contribution is 2.30. The number of fused-ring (bicyclic) bond motifs is 1. The van der Waals surface area contributed by atoms with Gasteiger partial charge in [-0.15, -0.1) is 0 Å². The molecule has 0 saturated carbocycles. The molecule has 0 radical (unpaired) electrons. The lowest BCUT2D eigenvalue weighted by Gasteiger charge is -2.15. The second-order valence-corrected chi connectivity index (χ2v) is 10.3. The van der Waals surface area contributed by atoms with Crippen molar-refractivity contribution in [2.45, 2.75) is 39.8 Å². The molecular formula is C24H26ClN5O3S. The second kappa shape index (κ2) is 10.5. The van der Waals surface area contributed by atoms with Crippen LogP contribution in [0.3, 0.4) is 0 Å². The molecule has 0 aliphatic carbocycles. The first kappa shape index (κ1) is 24.1. The number of rotatable bonds is 10. The highest BCUT2D eigenvalue weighted by molar-refractivity contribution is 7.89. The number of nitrogens with one attached hydrogen (secondary N) is 1. The van der Waals surface area contributed by atoms with Gasteiger partial charge in [-0.2, -0.15) is 0 Å². The number of pyridine rings is 2. The van der Waals surface area contributed by atoms with Gasteiger partial charge in [-0.05, 0) is 31.0 Å². The smallest absolute Gasteiger partial charge is 0.211 e. The predicted octanol–water partition coefficient (Wildman–Crippen LogP) is 4.58. The molecule has 0 spiro atoms. The monoisotopic (exact) mass is 499 g/mol. The molecule has 0 fully saturated rings. The molecule has 0 aliphatic rings. The van der Waals surface area contributed by atoms with Gasteiger partial charge in [0.05, 0.1) is 22.8 Å². The fraction of sp³-hybridized carbons (Fsp3) is 0.292. The number of aryl methyl sites for hydroxylation is 1. The van der Waals surface area contributed by atoms with Crippen molar-refractivity contribution < 1.29 is 13.2 Å². The fourth-order valence-electron chi connectivity index (χ4n) is 3.62. The van der Waals surface area contributed by atoms with Crippen molar-refractivity contribution >= 4 is 32.5 Å². The van der Waals surface area contributed by atoms with Gasteiger partial charge in [0.25, 0.3) is 0 Å². The lowest BCUT2D eigenvalue weighted by Crippen LogP contribution is -2.26. The summed E-state index contributed by atoms with van der Waals surface area (Å²) in [5, 5.41) is 1.33. The normalized spacial score (nSPS) is 11.7. The molecule has 0 amide bonds. The minimum atomic E-state index is -3.38. The van der Waals surface area contributed by atoms with Gasteiger partial charge in [-0.1, -0.05) is 37.1 Å². The zero-order valence-electron chi connectivity index (χ0n) is 19.0. The Bertz CT molecular complexity index is 1390. The highest BCUT2D eigenvalue weighted by atomic mass is 35.5. The van der Waals surface area contributed by atoms with Crippen LogP contribution in [0.4, 0.5) is 0 Å². The van der Waals surface area contributed by atoms with E-state index in [9.17, 15) is 8.42 Å². The maximum atomic E-state index is 12.2. The average molecular weight is 500 g/mol. The molecule has 0 bridgehead atoms. The van der Waals surface area contributed by atoms with Crippen LogP contribution in [0.15, 0.2) is 55.4 Å². The molecule has 3 heterocycles. The molecule has 4 aromatic rings. The topological polar surface area (TPSA) is 99.0 Å². The van der Waals surface area contributed by atoms with E-state index in [0.29, 0.717) is 28.3 Å². The average Bonchev–Trinajstić information content (AvgIpc) is 3.35. The van der Waals surface area contributed by atoms with Crippen LogP contribution >= 0.6 is 11.6 Å². The molecule has 0 atom stereocenters. The molecule has 178 valence electrons. The van der Waals surface area contributed by atoms with E-state index in [0.717, 1.165) is 28.7 Å². The van der Waals surface area contributed by atoms with Crippen LogP contribution in [0.1, 0.15) is 36.6 Å². The third-order valence-corrected chi connectivity index (χ3v) is 7.14. The SMILES string of the molecule is CCCCS(=O)(=O)NCc1cncc(Cl)c1COc1cccc2c(-n3ccnc3)cc(C)nc12. The van der Waals surface area contributed by atoms with Crippen LogP contribution in [0.2, 0.25) is 5.02 Å². The van der Waals surface area contributed by atoms with Gasteiger partial charge < -0.3 is 9.30 Å². The molecular weight excluding hydrogens is 474 g/mol. The van der Waals surface area contributed by atoms with E-state index in [1.54, 1.807) is 18.7 Å². The van der Waals surface area contributed by atoms with Gasteiger partial charge in [0, 0.05) is 48.0 Å². The van der Waals surface area contributed by atoms with Gasteiger partial charge in [0.15, 0.2) is 0 Å². The van der Waals surface area contributed by atoms with E-state index in [4.69, 9.17) is 21.3 Å². The molecule has 10 heteroatoms. The van der Waals surface area contributed by atoms with E-state index in [-0.39, 0.29) is 18.9 Å². The number of hydrogen-bond acceptors (Lipinski definition) is 6. The summed E-state index contributed by atoms with van der Waals surface area (Å²) in [5.74, 6) is 0.689. The first-order valence-electron chi connectivity index (χ1n) is 11.0. The number of hydrogen-bond donors (Lipinski definition) is 1. The number of para-hydroxylation sites is 1. The summed E-state index contributed by atoms with van der Waals surface area (Å²) in [6, 6.07) is 7.75. The Morgan fingerprint density at radius 1 is 1.21 bits per heavy atom. The zero-order chi connectivity index (χ0) is 24.1. The van der Waals surface area contributed by atoms with Crippen LogP contribution in [-0.2, 0) is 23.2 Å². The van der Waals surface area contributed by atoms with Crippen LogP contribution < -0.4 is 9.46 Å². The second-order valence-electron chi connectivity index (χ2n) is 7.95. The fourth-order valence-corrected chi connectivity index (χ4v) is 5.04. The summed E-state index contributed by atoms with van der Waals surface area (Å²) < 4.78 is 35.2. The minimum absolute atomic E-state index is 0.0869. The molecule has 1 aromatic carbocycles. The van der Waals surface area contributed by atoms with Crippen LogP contribution in [-0.4, -0.2) is 33.7 Å². The van der Waals surface area contributed by atoms with Crippen molar-refractivity contribution in [3.63, 3.8) is 0 Å². The Labute approximate surface area is 204 Å². The summed E-state index contributed by atoms with van der Waals surface area (Å²) in [7, 11) is -3.38. The first-order chi connectivity index (χ1) is 16.4. The third-order valence-electron chi connectivity index (χ3n) is 5.41. The Balaban J connectivity index is 1.60. The quantitative estimate of drug-likeness (QED) is 0.343. The number of aromatic nitrogens is 4. The summed E-state index contributed by atoms with van der Waals surface area (Å²) in [4.78, 5) is 13.0. The highest BCUT2D eigenvalue weighted by Gasteiger charge is 2.15. The van der Waals surface area contributed by atoms with Crippen molar-refractivity contribution in [3.8, 4) is 11.4 Å². The maximum absolute atomic E-state index is 12.2. The predicted molar refractivity (Wildman–Crippen MR) is 133 cm³/mol. The third kappa shape index (κ3) is 5.55. The molecule has 0 aliphatic heterocycles. The first-order valence-corrected chi connectivity index (χ1v) is 13.0. The van der Waals surface area contributed by atoms with Crippen molar-refractivity contribution in [2.24, 2.45) is 0 Å². The van der Waals surface area contributed by atoms with Gasteiger partial charge >= 0.3 is 0 Å².